The molecule has 0 radical (unpaired) electrons. The average molecular weight is 514 g/mol. The summed E-state index contributed by atoms with van der Waals surface area (Å²) in [6.07, 6.45) is 1.62. The number of rotatable bonds is 7. The van der Waals surface area contributed by atoms with Crippen LogP contribution in [0.15, 0.2) is 65.6 Å². The van der Waals surface area contributed by atoms with Crippen molar-refractivity contribution in [2.75, 3.05) is 7.11 Å². The number of aryl methyl sites for hydroxylation is 1. The van der Waals surface area contributed by atoms with Crippen LogP contribution in [0.1, 0.15) is 22.3 Å². The molecule has 8 heteroatoms. The number of nitrogens with zero attached hydrogens (tertiary/aromatic N) is 1. The lowest BCUT2D eigenvalue weighted by atomic mass is 10.1. The van der Waals surface area contributed by atoms with E-state index in [9.17, 15) is 9.59 Å². The minimum absolute atomic E-state index is 0.109. The normalized spacial score (nSPS) is 14.7. The van der Waals surface area contributed by atoms with Gasteiger partial charge in [-0.3, -0.25) is 14.5 Å². The number of amides is 2. The molecule has 1 aliphatic heterocycles. The van der Waals surface area contributed by atoms with E-state index in [-0.39, 0.29) is 17.7 Å². The fourth-order valence-electron chi connectivity index (χ4n) is 3.39. The molecule has 1 heterocycles. The number of halogens is 2. The van der Waals surface area contributed by atoms with Gasteiger partial charge in [0, 0.05) is 5.02 Å². The molecule has 0 unspecified atom stereocenters. The van der Waals surface area contributed by atoms with Gasteiger partial charge in [0.25, 0.3) is 11.1 Å². The lowest BCUT2D eigenvalue weighted by molar-refractivity contribution is -0.123. The lowest BCUT2D eigenvalue weighted by Crippen LogP contribution is -2.27. The van der Waals surface area contributed by atoms with Crippen LogP contribution in [0.2, 0.25) is 10.0 Å². The maximum Gasteiger partial charge on any atom is 0.293 e. The van der Waals surface area contributed by atoms with Crippen molar-refractivity contribution in [3.8, 4) is 11.5 Å². The average Bonchev–Trinajstić information content (AvgIpc) is 3.07. The van der Waals surface area contributed by atoms with Crippen LogP contribution in [0.4, 0.5) is 4.79 Å². The molecule has 5 nitrogen and oxygen atoms in total. The zero-order valence-electron chi connectivity index (χ0n) is 18.5. The number of imide groups is 1. The monoisotopic (exact) mass is 513 g/mol. The van der Waals surface area contributed by atoms with E-state index in [1.54, 1.807) is 36.4 Å². The smallest absolute Gasteiger partial charge is 0.293 e. The lowest BCUT2D eigenvalue weighted by Gasteiger charge is -2.14. The minimum atomic E-state index is -0.385. The molecule has 1 saturated heterocycles. The van der Waals surface area contributed by atoms with Crippen LogP contribution < -0.4 is 9.47 Å². The zero-order chi connectivity index (χ0) is 24.2. The number of benzene rings is 3. The highest BCUT2D eigenvalue weighted by molar-refractivity contribution is 8.18. The van der Waals surface area contributed by atoms with Gasteiger partial charge in [-0.2, -0.15) is 0 Å². The summed E-state index contributed by atoms with van der Waals surface area (Å²) in [4.78, 5) is 26.9. The van der Waals surface area contributed by atoms with Gasteiger partial charge in [0.1, 0.15) is 6.61 Å². The van der Waals surface area contributed by atoms with E-state index >= 15 is 0 Å². The molecule has 0 aliphatic carbocycles. The molecular formula is C26H21Cl2NO4S. The molecule has 34 heavy (non-hydrogen) atoms. The molecule has 0 saturated carbocycles. The number of thioether (sulfide) groups is 1. The highest BCUT2D eigenvalue weighted by Gasteiger charge is 2.35. The molecule has 0 aromatic heterocycles. The van der Waals surface area contributed by atoms with Gasteiger partial charge in [-0.05, 0) is 59.7 Å². The molecule has 4 rings (SSSR count). The number of carbonyl (C=O) groups excluding carboxylic acids is 2. The molecule has 1 fully saturated rings. The second-order valence-electron chi connectivity index (χ2n) is 7.67. The van der Waals surface area contributed by atoms with Crippen molar-refractivity contribution in [1.29, 1.82) is 0 Å². The molecule has 1 aliphatic rings. The fraction of sp³-hybridized carbons (Fsp3) is 0.154. The van der Waals surface area contributed by atoms with Crippen molar-refractivity contribution >= 4 is 52.2 Å². The maximum absolute atomic E-state index is 12.9. The third kappa shape index (κ3) is 5.41. The van der Waals surface area contributed by atoms with E-state index in [2.05, 4.69) is 0 Å². The van der Waals surface area contributed by atoms with Crippen molar-refractivity contribution in [3.05, 3.63) is 97.9 Å². The summed E-state index contributed by atoms with van der Waals surface area (Å²) in [5.74, 6) is 0.458. The first-order chi connectivity index (χ1) is 16.4. The van der Waals surface area contributed by atoms with Crippen LogP contribution in [0, 0.1) is 6.92 Å². The molecular weight excluding hydrogens is 493 g/mol. The number of hydrogen-bond donors (Lipinski definition) is 0. The fourth-order valence-corrected chi connectivity index (χ4v) is 4.70. The van der Waals surface area contributed by atoms with E-state index in [4.69, 9.17) is 32.7 Å². The van der Waals surface area contributed by atoms with Gasteiger partial charge >= 0.3 is 0 Å². The second-order valence-corrected chi connectivity index (χ2v) is 9.48. The van der Waals surface area contributed by atoms with E-state index in [1.165, 1.54) is 17.6 Å². The first-order valence-electron chi connectivity index (χ1n) is 10.4. The maximum atomic E-state index is 12.9. The van der Waals surface area contributed by atoms with E-state index in [0.29, 0.717) is 44.2 Å². The summed E-state index contributed by atoms with van der Waals surface area (Å²) in [7, 11) is 1.52. The summed E-state index contributed by atoms with van der Waals surface area (Å²) >= 11 is 13.6. The van der Waals surface area contributed by atoms with Gasteiger partial charge < -0.3 is 9.47 Å². The molecule has 2 amide bonds. The Hall–Kier alpha value is -2.93. The Bertz CT molecular complexity index is 1270. The Morgan fingerprint density at radius 3 is 2.44 bits per heavy atom. The zero-order valence-corrected chi connectivity index (χ0v) is 20.8. The topological polar surface area (TPSA) is 55.8 Å². The first kappa shape index (κ1) is 24.2. The number of hydrogen-bond acceptors (Lipinski definition) is 5. The summed E-state index contributed by atoms with van der Waals surface area (Å²) in [5, 5.41) is 0.489. The minimum Gasteiger partial charge on any atom is -0.493 e. The van der Waals surface area contributed by atoms with Crippen molar-refractivity contribution in [2.24, 2.45) is 0 Å². The Kier molecular flexibility index (Phi) is 7.51. The Morgan fingerprint density at radius 1 is 1.00 bits per heavy atom. The number of methoxy groups -OCH3 is 1. The van der Waals surface area contributed by atoms with Crippen molar-refractivity contribution < 1.29 is 19.1 Å². The summed E-state index contributed by atoms with van der Waals surface area (Å²) in [6, 6.07) is 18.5. The Balaban J connectivity index is 1.53. The molecule has 3 aromatic rings. The van der Waals surface area contributed by atoms with Crippen LogP contribution in [-0.2, 0) is 17.9 Å². The molecule has 0 N–H and O–H groups in total. The van der Waals surface area contributed by atoms with Gasteiger partial charge in [-0.15, -0.1) is 0 Å². The van der Waals surface area contributed by atoms with Crippen molar-refractivity contribution in [2.45, 2.75) is 20.1 Å². The van der Waals surface area contributed by atoms with E-state index in [0.717, 1.165) is 17.3 Å². The second kappa shape index (κ2) is 10.6. The molecule has 174 valence electrons. The summed E-state index contributed by atoms with van der Waals surface area (Å²) in [6.45, 7) is 2.46. The number of carbonyl (C=O) groups is 2. The van der Waals surface area contributed by atoms with Gasteiger partial charge in [0.05, 0.1) is 23.6 Å². The van der Waals surface area contributed by atoms with Crippen molar-refractivity contribution in [1.82, 2.24) is 4.90 Å². The predicted octanol–water partition coefficient (Wildman–Crippen LogP) is 7.13. The summed E-state index contributed by atoms with van der Waals surface area (Å²) < 4.78 is 11.4. The third-order valence-electron chi connectivity index (χ3n) is 5.21. The Morgan fingerprint density at radius 2 is 1.74 bits per heavy atom. The van der Waals surface area contributed by atoms with Crippen LogP contribution in [0.25, 0.3) is 6.08 Å². The van der Waals surface area contributed by atoms with Crippen LogP contribution in [0.5, 0.6) is 11.5 Å². The predicted molar refractivity (Wildman–Crippen MR) is 136 cm³/mol. The van der Waals surface area contributed by atoms with Gasteiger partial charge in [0.2, 0.25) is 0 Å². The quantitative estimate of drug-likeness (QED) is 0.314. The molecule has 3 aromatic carbocycles. The SMILES string of the molecule is COc1cc(/C=C2\SC(=O)N(Cc3ccccc3Cl)C2=O)cc(Cl)c1OCc1ccc(C)cc1. The highest BCUT2D eigenvalue weighted by Crippen LogP contribution is 2.39. The first-order valence-corrected chi connectivity index (χ1v) is 12.0. The molecule has 0 atom stereocenters. The van der Waals surface area contributed by atoms with Crippen LogP contribution in [0.3, 0.4) is 0 Å². The highest BCUT2D eigenvalue weighted by atomic mass is 35.5. The molecule has 0 spiro atoms. The van der Waals surface area contributed by atoms with Gasteiger partial charge in [0.15, 0.2) is 11.5 Å². The van der Waals surface area contributed by atoms with E-state index in [1.807, 2.05) is 37.3 Å². The number of ether oxygens (including phenoxy) is 2. The van der Waals surface area contributed by atoms with Crippen molar-refractivity contribution in [3.63, 3.8) is 0 Å². The summed E-state index contributed by atoms with van der Waals surface area (Å²) in [5.41, 5.74) is 3.49. The standard InChI is InChI=1S/C26H21Cl2NO4S/c1-16-7-9-17(10-8-16)15-33-24-21(28)11-18(12-22(24)32-2)13-23-25(30)29(26(31)34-23)14-19-5-3-4-6-20(19)27/h3-13H,14-15H2,1-2H3/b23-13-. The Labute approximate surface area is 212 Å². The molecule has 0 bridgehead atoms. The van der Waals surface area contributed by atoms with Gasteiger partial charge in [-0.1, -0.05) is 71.2 Å². The van der Waals surface area contributed by atoms with Gasteiger partial charge in [-0.25, -0.2) is 0 Å². The van der Waals surface area contributed by atoms with E-state index < -0.39 is 0 Å². The van der Waals surface area contributed by atoms with Crippen LogP contribution >= 0.6 is 35.0 Å². The largest absolute Gasteiger partial charge is 0.493 e. The van der Waals surface area contributed by atoms with Crippen LogP contribution in [-0.4, -0.2) is 23.2 Å². The third-order valence-corrected chi connectivity index (χ3v) is 6.77.